The van der Waals surface area contributed by atoms with Crippen LogP contribution in [0.2, 0.25) is 0 Å². The fourth-order valence-corrected chi connectivity index (χ4v) is 2.78. The highest BCUT2D eigenvalue weighted by atomic mass is 79.9. The molecule has 11 heavy (non-hydrogen) atoms. The van der Waals surface area contributed by atoms with E-state index in [4.69, 9.17) is 0 Å². The second kappa shape index (κ2) is 4.60. The Morgan fingerprint density at radius 1 is 1.73 bits per heavy atom. The van der Waals surface area contributed by atoms with Gasteiger partial charge in [-0.2, -0.15) is 0 Å². The van der Waals surface area contributed by atoms with Crippen LogP contribution in [-0.4, -0.2) is 13.6 Å². The third-order valence-electron chi connectivity index (χ3n) is 1.33. The molecular formula is C7H9Br2NS. The molecule has 1 aromatic heterocycles. The molecule has 0 saturated heterocycles. The van der Waals surface area contributed by atoms with Crippen molar-refractivity contribution in [1.82, 2.24) is 5.32 Å². The number of hydrogen-bond donors (Lipinski definition) is 1. The topological polar surface area (TPSA) is 12.0 Å². The number of hydrogen-bond acceptors (Lipinski definition) is 2. The van der Waals surface area contributed by atoms with Crippen molar-refractivity contribution in [2.24, 2.45) is 0 Å². The number of likely N-dealkylation sites (N-methyl/N-ethyl adjacent to an activating group) is 1. The molecule has 0 bridgehead atoms. The average molecular weight is 299 g/mol. The average Bonchev–Trinajstić information content (AvgIpc) is 2.36. The Balaban J connectivity index is 2.60. The molecule has 1 nitrogen and oxygen atoms in total. The summed E-state index contributed by atoms with van der Waals surface area (Å²) in [6, 6.07) is 2.14. The molecular weight excluding hydrogens is 290 g/mol. The van der Waals surface area contributed by atoms with E-state index in [0.717, 1.165) is 6.54 Å². The van der Waals surface area contributed by atoms with E-state index >= 15 is 0 Å². The van der Waals surface area contributed by atoms with Crippen LogP contribution in [0, 0.1) is 0 Å². The largest absolute Gasteiger partial charge is 0.318 e. The lowest BCUT2D eigenvalue weighted by molar-refractivity contribution is 0.788. The van der Waals surface area contributed by atoms with E-state index < -0.39 is 0 Å². The van der Waals surface area contributed by atoms with E-state index in [1.54, 1.807) is 11.3 Å². The van der Waals surface area contributed by atoms with Crippen LogP contribution in [0.25, 0.3) is 0 Å². The molecule has 0 amide bonds. The van der Waals surface area contributed by atoms with Gasteiger partial charge in [-0.25, -0.2) is 0 Å². The van der Waals surface area contributed by atoms with Gasteiger partial charge in [-0.05, 0) is 40.0 Å². The summed E-state index contributed by atoms with van der Waals surface area (Å²) < 4.78 is 1.19. The SMILES string of the molecule is CNCC(Br)c1csc(Br)c1. The molecule has 1 N–H and O–H groups in total. The first-order chi connectivity index (χ1) is 5.24. The van der Waals surface area contributed by atoms with Crippen molar-refractivity contribution in [2.75, 3.05) is 13.6 Å². The summed E-state index contributed by atoms with van der Waals surface area (Å²) in [6.45, 7) is 0.961. The Labute approximate surface area is 87.5 Å². The number of alkyl halides is 1. The summed E-state index contributed by atoms with van der Waals surface area (Å²) in [7, 11) is 1.95. The van der Waals surface area contributed by atoms with Gasteiger partial charge in [0.25, 0.3) is 0 Å². The molecule has 0 saturated carbocycles. The highest BCUT2D eigenvalue weighted by Gasteiger charge is 2.07. The lowest BCUT2D eigenvalue weighted by atomic mass is 10.2. The molecule has 1 aromatic rings. The highest BCUT2D eigenvalue weighted by Crippen LogP contribution is 2.29. The van der Waals surface area contributed by atoms with Crippen LogP contribution in [0.4, 0.5) is 0 Å². The summed E-state index contributed by atoms with van der Waals surface area (Å²) in [5.74, 6) is 0. The molecule has 0 aliphatic carbocycles. The number of halogens is 2. The fraction of sp³-hybridized carbons (Fsp3) is 0.429. The predicted octanol–water partition coefficient (Wildman–Crippen LogP) is 3.17. The molecule has 0 aliphatic rings. The normalized spacial score (nSPS) is 13.4. The molecule has 1 rings (SSSR count). The van der Waals surface area contributed by atoms with Gasteiger partial charge < -0.3 is 5.32 Å². The van der Waals surface area contributed by atoms with Crippen molar-refractivity contribution in [2.45, 2.75) is 4.83 Å². The minimum absolute atomic E-state index is 0.426. The second-order valence-corrected chi connectivity index (χ2v) is 5.61. The first-order valence-electron chi connectivity index (χ1n) is 3.26. The van der Waals surface area contributed by atoms with E-state index in [1.165, 1.54) is 9.35 Å². The van der Waals surface area contributed by atoms with Crippen LogP contribution in [0.3, 0.4) is 0 Å². The number of rotatable bonds is 3. The lowest BCUT2D eigenvalue weighted by Crippen LogP contribution is -2.12. The minimum Gasteiger partial charge on any atom is -0.318 e. The van der Waals surface area contributed by atoms with E-state index in [9.17, 15) is 0 Å². The lowest BCUT2D eigenvalue weighted by Gasteiger charge is -2.04. The number of thiophene rings is 1. The van der Waals surface area contributed by atoms with E-state index in [-0.39, 0.29) is 0 Å². The van der Waals surface area contributed by atoms with Crippen LogP contribution in [-0.2, 0) is 0 Å². The van der Waals surface area contributed by atoms with Gasteiger partial charge in [0.15, 0.2) is 0 Å². The molecule has 62 valence electrons. The summed E-state index contributed by atoms with van der Waals surface area (Å²) >= 11 is 8.73. The van der Waals surface area contributed by atoms with Crippen LogP contribution in [0.1, 0.15) is 10.4 Å². The Kier molecular flexibility index (Phi) is 4.06. The summed E-state index contributed by atoms with van der Waals surface area (Å²) in [5.41, 5.74) is 1.33. The quantitative estimate of drug-likeness (QED) is 0.845. The van der Waals surface area contributed by atoms with Crippen molar-refractivity contribution >= 4 is 43.2 Å². The first kappa shape index (κ1) is 9.71. The Bertz CT molecular complexity index is 224. The van der Waals surface area contributed by atoms with Gasteiger partial charge in [-0.1, -0.05) is 15.9 Å². The van der Waals surface area contributed by atoms with Crippen molar-refractivity contribution < 1.29 is 0 Å². The van der Waals surface area contributed by atoms with Gasteiger partial charge in [0.1, 0.15) is 0 Å². The smallest absolute Gasteiger partial charge is 0.0701 e. The van der Waals surface area contributed by atoms with Crippen LogP contribution in [0.5, 0.6) is 0 Å². The van der Waals surface area contributed by atoms with Crippen LogP contribution in [0.15, 0.2) is 15.2 Å². The molecule has 0 radical (unpaired) electrons. The molecule has 1 unspecified atom stereocenters. The van der Waals surface area contributed by atoms with E-state index in [0.29, 0.717) is 4.83 Å². The monoisotopic (exact) mass is 297 g/mol. The number of nitrogens with one attached hydrogen (secondary N) is 1. The van der Waals surface area contributed by atoms with Gasteiger partial charge in [-0.3, -0.25) is 0 Å². The summed E-state index contributed by atoms with van der Waals surface area (Å²) in [6.07, 6.45) is 0. The molecule has 0 aliphatic heterocycles. The minimum atomic E-state index is 0.426. The highest BCUT2D eigenvalue weighted by molar-refractivity contribution is 9.11. The van der Waals surface area contributed by atoms with E-state index in [1.807, 2.05) is 7.05 Å². The zero-order chi connectivity index (χ0) is 8.27. The van der Waals surface area contributed by atoms with Crippen molar-refractivity contribution in [3.63, 3.8) is 0 Å². The van der Waals surface area contributed by atoms with E-state index in [2.05, 4.69) is 48.6 Å². The van der Waals surface area contributed by atoms with Gasteiger partial charge in [-0.15, -0.1) is 11.3 Å². The Morgan fingerprint density at radius 2 is 2.45 bits per heavy atom. The Morgan fingerprint density at radius 3 is 2.91 bits per heavy atom. The fourth-order valence-electron chi connectivity index (χ4n) is 0.785. The van der Waals surface area contributed by atoms with Crippen molar-refractivity contribution in [1.29, 1.82) is 0 Å². The molecule has 1 atom stereocenters. The molecule has 1 heterocycles. The maximum Gasteiger partial charge on any atom is 0.0701 e. The van der Waals surface area contributed by atoms with Gasteiger partial charge in [0.2, 0.25) is 0 Å². The summed E-state index contributed by atoms with van der Waals surface area (Å²) in [5, 5.41) is 5.27. The third kappa shape index (κ3) is 2.86. The van der Waals surface area contributed by atoms with Gasteiger partial charge in [0.05, 0.1) is 8.61 Å². The molecule has 0 fully saturated rings. The molecule has 0 spiro atoms. The summed E-state index contributed by atoms with van der Waals surface area (Å²) in [4.78, 5) is 0.426. The van der Waals surface area contributed by atoms with Crippen LogP contribution < -0.4 is 5.32 Å². The predicted molar refractivity (Wildman–Crippen MR) is 57.6 cm³/mol. The maximum absolute atomic E-state index is 3.58. The van der Waals surface area contributed by atoms with Crippen LogP contribution >= 0.6 is 43.2 Å². The van der Waals surface area contributed by atoms with Crippen molar-refractivity contribution in [3.8, 4) is 0 Å². The first-order valence-corrected chi connectivity index (χ1v) is 5.85. The third-order valence-corrected chi connectivity index (χ3v) is 3.71. The zero-order valence-corrected chi connectivity index (χ0v) is 10.1. The Hall–Kier alpha value is 0.620. The van der Waals surface area contributed by atoms with Crippen molar-refractivity contribution in [3.05, 3.63) is 20.8 Å². The second-order valence-electron chi connectivity index (χ2n) is 2.21. The standard InChI is InChI=1S/C7H9Br2NS/c1-10-3-6(8)5-2-7(9)11-4-5/h2,4,6,10H,3H2,1H3. The molecule has 0 aromatic carbocycles. The maximum atomic E-state index is 3.58. The van der Waals surface area contributed by atoms with Gasteiger partial charge >= 0.3 is 0 Å². The molecule has 4 heteroatoms. The van der Waals surface area contributed by atoms with Gasteiger partial charge in [0, 0.05) is 6.54 Å². The zero-order valence-electron chi connectivity index (χ0n) is 6.10.